The van der Waals surface area contributed by atoms with Gasteiger partial charge >= 0.3 is 12.1 Å². The molecule has 2 aromatic rings. The third-order valence-corrected chi connectivity index (χ3v) is 6.19. The first kappa shape index (κ1) is 34.4. The molecule has 3 amide bonds. The van der Waals surface area contributed by atoms with Crippen LogP contribution in [0.25, 0.3) is 0 Å². The number of hydrogen-bond acceptors (Lipinski definition) is 6. The molecule has 0 saturated heterocycles. The van der Waals surface area contributed by atoms with E-state index < -0.39 is 71.8 Å². The lowest BCUT2D eigenvalue weighted by molar-refractivity contribution is -0.175. The van der Waals surface area contributed by atoms with Gasteiger partial charge in [-0.1, -0.05) is 49.7 Å². The molecule has 0 saturated carbocycles. The Bertz CT molecular complexity index is 1270. The molecule has 0 aliphatic heterocycles. The Kier molecular flexibility index (Phi) is 11.8. The normalized spacial score (nSPS) is 14.0. The average Bonchev–Trinajstić information content (AvgIpc) is 2.93. The van der Waals surface area contributed by atoms with Gasteiger partial charge in [0.1, 0.15) is 17.8 Å². The highest BCUT2D eigenvalue weighted by Crippen LogP contribution is 2.30. The van der Waals surface area contributed by atoms with Gasteiger partial charge in [-0.15, -0.1) is 0 Å². The van der Waals surface area contributed by atoms with Crippen molar-refractivity contribution in [3.05, 3.63) is 64.7 Å². The van der Waals surface area contributed by atoms with E-state index >= 15 is 0 Å². The fourth-order valence-corrected chi connectivity index (χ4v) is 3.89. The molecule has 230 valence electrons. The van der Waals surface area contributed by atoms with E-state index in [2.05, 4.69) is 5.32 Å². The number of ether oxygens (including phenoxy) is 2. The summed E-state index contributed by atoms with van der Waals surface area (Å²) in [5.74, 6) is -11.3. The van der Waals surface area contributed by atoms with E-state index in [1.807, 2.05) is 10.6 Å². The maximum atomic E-state index is 14.9. The van der Waals surface area contributed by atoms with Crippen molar-refractivity contribution in [3.63, 3.8) is 0 Å². The molecular weight excluding hydrogens is 593 g/mol. The van der Waals surface area contributed by atoms with Crippen molar-refractivity contribution in [3.8, 4) is 5.75 Å². The zero-order valence-corrected chi connectivity index (χ0v) is 23.6. The van der Waals surface area contributed by atoms with Crippen molar-refractivity contribution < 1.29 is 50.6 Å². The van der Waals surface area contributed by atoms with Gasteiger partial charge in [0.25, 0.3) is 11.7 Å². The topological polar surface area (TPSA) is 123 Å². The Labute approximate surface area is 243 Å². The van der Waals surface area contributed by atoms with Crippen molar-refractivity contribution in [2.75, 3.05) is 20.8 Å². The molecule has 2 rings (SSSR count). The summed E-state index contributed by atoms with van der Waals surface area (Å²) in [6.07, 6.45) is -5.26. The van der Waals surface area contributed by atoms with Gasteiger partial charge in [-0.2, -0.15) is 22.0 Å². The summed E-state index contributed by atoms with van der Waals surface area (Å²) in [5, 5.41) is 6.05. The lowest BCUT2D eigenvalue weighted by Gasteiger charge is -2.27. The van der Waals surface area contributed by atoms with E-state index in [4.69, 9.17) is 21.1 Å². The van der Waals surface area contributed by atoms with E-state index in [0.29, 0.717) is 5.75 Å². The molecule has 0 bridgehead atoms. The number of Topliss-reactive ketones (excluding diaryl/α,β-unsaturated/α-hetero) is 1. The van der Waals surface area contributed by atoms with Gasteiger partial charge in [-0.05, 0) is 35.7 Å². The average molecular weight is 622 g/mol. The molecule has 3 N–H and O–H groups in total. The first-order valence-electron chi connectivity index (χ1n) is 12.3. The van der Waals surface area contributed by atoms with E-state index in [0.717, 1.165) is 19.2 Å². The maximum Gasteiger partial charge on any atom is 0.452 e. The molecule has 0 aromatic heterocycles. The third-order valence-electron chi connectivity index (χ3n) is 5.95. The zero-order chi connectivity index (χ0) is 31.8. The van der Waals surface area contributed by atoms with Crippen molar-refractivity contribution in [1.82, 2.24) is 16.0 Å². The van der Waals surface area contributed by atoms with Gasteiger partial charge in [0.2, 0.25) is 11.8 Å². The standard InChI is InChI=1S/C27H29ClF5N3O6/c1-14(2)20(22(37)27(31,32)33)35-24(39)21(15-8-10-18(42-4)11-9-15)36-23(38)19(13-41-3)34-25(40)26(29,30)16-6-5-7-17(28)12-16/h5-12,14,19-21H,13H2,1-4H3,(H,34,40)(H,35,39)(H,36,38). The number of methoxy groups -OCH3 is 2. The van der Waals surface area contributed by atoms with Gasteiger partial charge in [0, 0.05) is 17.7 Å². The second-order valence-corrected chi connectivity index (χ2v) is 9.81. The molecule has 0 aliphatic carbocycles. The number of nitrogens with one attached hydrogen (secondary N) is 3. The third kappa shape index (κ3) is 8.86. The lowest BCUT2D eigenvalue weighted by Crippen LogP contribution is -2.56. The van der Waals surface area contributed by atoms with Crippen LogP contribution in [0.15, 0.2) is 48.5 Å². The summed E-state index contributed by atoms with van der Waals surface area (Å²) < 4.78 is 79.2. The molecule has 2 aromatic carbocycles. The number of carbonyl (C=O) groups excluding carboxylic acids is 4. The van der Waals surface area contributed by atoms with Gasteiger partial charge < -0.3 is 25.4 Å². The van der Waals surface area contributed by atoms with Crippen molar-refractivity contribution in [2.24, 2.45) is 5.92 Å². The van der Waals surface area contributed by atoms with Crippen LogP contribution in [0.1, 0.15) is 31.0 Å². The molecule has 0 fully saturated rings. The molecule has 9 nitrogen and oxygen atoms in total. The Morgan fingerprint density at radius 2 is 1.50 bits per heavy atom. The number of hydrogen-bond donors (Lipinski definition) is 3. The molecular formula is C27H29ClF5N3O6. The van der Waals surface area contributed by atoms with Crippen LogP contribution in [0.3, 0.4) is 0 Å². The van der Waals surface area contributed by atoms with Gasteiger partial charge in [0.05, 0.1) is 19.8 Å². The van der Waals surface area contributed by atoms with Crippen LogP contribution in [-0.2, 0) is 29.8 Å². The fourth-order valence-electron chi connectivity index (χ4n) is 3.70. The number of alkyl halides is 5. The quantitative estimate of drug-likeness (QED) is 0.293. The number of amides is 3. The Balaban J connectivity index is 2.38. The maximum absolute atomic E-state index is 14.9. The molecule has 3 atom stereocenters. The second-order valence-electron chi connectivity index (χ2n) is 9.37. The summed E-state index contributed by atoms with van der Waals surface area (Å²) in [7, 11) is 2.47. The number of benzene rings is 2. The second kappa shape index (κ2) is 14.4. The first-order valence-corrected chi connectivity index (χ1v) is 12.7. The zero-order valence-electron chi connectivity index (χ0n) is 22.9. The predicted octanol–water partition coefficient (Wildman–Crippen LogP) is 3.70. The van der Waals surface area contributed by atoms with Crippen molar-refractivity contribution in [1.29, 1.82) is 0 Å². The van der Waals surface area contributed by atoms with Crippen LogP contribution >= 0.6 is 11.6 Å². The Hall–Kier alpha value is -3.78. The Morgan fingerprint density at radius 1 is 0.881 bits per heavy atom. The number of carbonyl (C=O) groups is 4. The van der Waals surface area contributed by atoms with Gasteiger partial charge in [0.15, 0.2) is 0 Å². The SMILES string of the molecule is COCC(NC(=O)C(F)(F)c1cccc(Cl)c1)C(=O)NC(C(=O)NC(C(=O)C(F)(F)F)C(C)C)c1ccc(OC)cc1. The largest absolute Gasteiger partial charge is 0.497 e. The van der Waals surface area contributed by atoms with Crippen LogP contribution in [0.5, 0.6) is 5.75 Å². The van der Waals surface area contributed by atoms with E-state index in [1.165, 1.54) is 57.4 Å². The summed E-state index contributed by atoms with van der Waals surface area (Å²) in [4.78, 5) is 50.9. The molecule has 0 heterocycles. The number of rotatable bonds is 13. The fraction of sp³-hybridized carbons (Fsp3) is 0.407. The van der Waals surface area contributed by atoms with Crippen LogP contribution in [0, 0.1) is 5.92 Å². The minimum absolute atomic E-state index is 0.0374. The van der Waals surface area contributed by atoms with Gasteiger partial charge in [-0.3, -0.25) is 19.2 Å². The summed E-state index contributed by atoms with van der Waals surface area (Å²) >= 11 is 5.75. The van der Waals surface area contributed by atoms with E-state index in [9.17, 15) is 41.1 Å². The lowest BCUT2D eigenvalue weighted by atomic mass is 9.97. The predicted molar refractivity (Wildman–Crippen MR) is 141 cm³/mol. The first-order chi connectivity index (χ1) is 19.5. The minimum Gasteiger partial charge on any atom is -0.497 e. The van der Waals surface area contributed by atoms with Crippen LogP contribution in [0.4, 0.5) is 22.0 Å². The van der Waals surface area contributed by atoms with Crippen LogP contribution in [0.2, 0.25) is 5.02 Å². The van der Waals surface area contributed by atoms with Crippen molar-refractivity contribution in [2.45, 2.75) is 44.1 Å². The summed E-state index contributed by atoms with van der Waals surface area (Å²) in [6, 6.07) is 4.24. The van der Waals surface area contributed by atoms with Crippen LogP contribution in [-0.4, -0.2) is 62.6 Å². The van der Waals surface area contributed by atoms with Gasteiger partial charge in [-0.25, -0.2) is 0 Å². The highest BCUT2D eigenvalue weighted by atomic mass is 35.5. The minimum atomic E-state index is -5.26. The summed E-state index contributed by atoms with van der Waals surface area (Å²) in [6.45, 7) is 1.93. The van der Waals surface area contributed by atoms with Crippen LogP contribution < -0.4 is 20.7 Å². The number of halogens is 6. The molecule has 0 radical (unpaired) electrons. The molecule has 15 heteroatoms. The molecule has 42 heavy (non-hydrogen) atoms. The van der Waals surface area contributed by atoms with E-state index in [1.54, 1.807) is 0 Å². The summed E-state index contributed by atoms with van der Waals surface area (Å²) in [5.41, 5.74) is -0.719. The van der Waals surface area contributed by atoms with E-state index in [-0.39, 0.29) is 10.6 Å². The van der Waals surface area contributed by atoms with Crippen molar-refractivity contribution >= 4 is 35.1 Å². The Morgan fingerprint density at radius 3 is 2.00 bits per heavy atom. The molecule has 3 unspecified atom stereocenters. The molecule has 0 aliphatic rings. The molecule has 0 spiro atoms. The highest BCUT2D eigenvalue weighted by molar-refractivity contribution is 6.30. The smallest absolute Gasteiger partial charge is 0.452 e. The number of ketones is 1. The monoisotopic (exact) mass is 621 g/mol. The highest BCUT2D eigenvalue weighted by Gasteiger charge is 2.46.